The highest BCUT2D eigenvalue weighted by Gasteiger charge is 2.60. The van der Waals surface area contributed by atoms with Gasteiger partial charge in [-0.15, -0.1) is 23.2 Å². The first-order valence-electron chi connectivity index (χ1n) is 14.4. The van der Waals surface area contributed by atoms with Gasteiger partial charge in [-0.25, -0.2) is 0 Å². The van der Waals surface area contributed by atoms with Crippen molar-refractivity contribution in [2.45, 2.75) is 83.8 Å². The molecule has 5 rings (SSSR count). The van der Waals surface area contributed by atoms with Crippen molar-refractivity contribution in [3.63, 3.8) is 0 Å². The van der Waals surface area contributed by atoms with Crippen LogP contribution < -0.4 is 10.2 Å². The Bertz CT molecular complexity index is 1020. The largest absolute Gasteiger partial charge is 0.392 e. The molecule has 1 aromatic carbocycles. The van der Waals surface area contributed by atoms with Crippen LogP contribution in [0.2, 0.25) is 0 Å². The van der Waals surface area contributed by atoms with Gasteiger partial charge in [0.2, 0.25) is 5.91 Å². The molecular weight excluding hydrogens is 503 g/mol. The van der Waals surface area contributed by atoms with Crippen LogP contribution in [-0.2, 0) is 4.79 Å². The maximum absolute atomic E-state index is 11.9. The molecule has 0 aliphatic heterocycles. The third kappa shape index (κ3) is 4.63. The van der Waals surface area contributed by atoms with E-state index in [0.29, 0.717) is 35.6 Å². The van der Waals surface area contributed by atoms with Gasteiger partial charge in [-0.05, 0) is 85.2 Å². The number of nitrogens with zero attached hydrogens (tertiary/aromatic N) is 1. The van der Waals surface area contributed by atoms with E-state index in [4.69, 9.17) is 23.2 Å². The van der Waals surface area contributed by atoms with Crippen LogP contribution in [0.4, 0.5) is 5.69 Å². The molecule has 0 bridgehead atoms. The second kappa shape index (κ2) is 10.7. The normalized spacial score (nSPS) is 38.7. The molecule has 3 fully saturated rings. The smallest absolute Gasteiger partial charge is 0.217 e. The average Bonchev–Trinajstić information content (AvgIpc) is 3.20. The number of hydrogen-bond acceptors (Lipinski definition) is 3. The molecule has 1 amide bonds. The van der Waals surface area contributed by atoms with Gasteiger partial charge in [-0.2, -0.15) is 0 Å². The van der Waals surface area contributed by atoms with Crippen LogP contribution in [0.5, 0.6) is 0 Å². The topological polar surface area (TPSA) is 52.6 Å². The highest BCUT2D eigenvalue weighted by molar-refractivity contribution is 6.18. The van der Waals surface area contributed by atoms with Crippen molar-refractivity contribution >= 4 is 34.8 Å². The predicted octanol–water partition coefficient (Wildman–Crippen LogP) is 6.49. The SMILES string of the molecule is CC(=O)NC1CCC2C3CC=C4C(c5ccccc5N(CCCl)CCCl)C(O)CC[C@]4(C)C3CC[C@]12C. The quantitative estimate of drug-likeness (QED) is 0.303. The molecular formula is C31H44Cl2N2O2. The van der Waals surface area contributed by atoms with Crippen molar-refractivity contribution in [1.82, 2.24) is 5.32 Å². The number of nitrogens with one attached hydrogen (secondary N) is 1. The van der Waals surface area contributed by atoms with Gasteiger partial charge < -0.3 is 15.3 Å². The van der Waals surface area contributed by atoms with Gasteiger partial charge in [0, 0.05) is 49.4 Å². The molecule has 3 saturated carbocycles. The van der Waals surface area contributed by atoms with Crippen LogP contribution in [-0.4, -0.2) is 48.0 Å². The van der Waals surface area contributed by atoms with Gasteiger partial charge in [-0.1, -0.05) is 43.7 Å². The zero-order valence-corrected chi connectivity index (χ0v) is 24.2. The summed E-state index contributed by atoms with van der Waals surface area (Å²) in [5.41, 5.74) is 4.12. The lowest BCUT2D eigenvalue weighted by Gasteiger charge is -2.59. The third-order valence-corrected chi connectivity index (χ3v) is 11.2. The monoisotopic (exact) mass is 546 g/mol. The third-order valence-electron chi connectivity index (χ3n) is 10.9. The van der Waals surface area contributed by atoms with Gasteiger partial charge in [0.25, 0.3) is 0 Å². The first-order valence-corrected chi connectivity index (χ1v) is 15.4. The zero-order chi connectivity index (χ0) is 26.4. The fourth-order valence-electron chi connectivity index (χ4n) is 9.20. The minimum atomic E-state index is -0.379. The number of hydrogen-bond donors (Lipinski definition) is 2. The number of aliphatic hydroxyl groups is 1. The number of aliphatic hydroxyl groups excluding tert-OH is 1. The molecule has 6 heteroatoms. The van der Waals surface area contributed by atoms with Crippen molar-refractivity contribution in [2.75, 3.05) is 29.7 Å². The van der Waals surface area contributed by atoms with E-state index in [2.05, 4.69) is 54.4 Å². The first-order chi connectivity index (χ1) is 17.7. The lowest BCUT2D eigenvalue weighted by atomic mass is 9.46. The summed E-state index contributed by atoms with van der Waals surface area (Å²) in [6.07, 6.45) is 9.80. The molecule has 4 aliphatic rings. The molecule has 0 spiro atoms. The fraction of sp³-hybridized carbons (Fsp3) is 0.710. The summed E-state index contributed by atoms with van der Waals surface area (Å²) in [5, 5.41) is 14.8. The summed E-state index contributed by atoms with van der Waals surface area (Å²) in [6, 6.07) is 8.88. The molecule has 0 saturated heterocycles. The first kappa shape index (κ1) is 27.3. The Kier molecular flexibility index (Phi) is 7.93. The maximum Gasteiger partial charge on any atom is 0.217 e. The minimum Gasteiger partial charge on any atom is -0.392 e. The molecule has 4 aliphatic carbocycles. The van der Waals surface area contributed by atoms with E-state index in [9.17, 15) is 9.90 Å². The van der Waals surface area contributed by atoms with E-state index in [0.717, 1.165) is 44.5 Å². The number of benzene rings is 1. The average molecular weight is 548 g/mol. The van der Waals surface area contributed by atoms with Crippen LogP contribution >= 0.6 is 23.2 Å². The van der Waals surface area contributed by atoms with Crippen LogP contribution in [0.15, 0.2) is 35.9 Å². The van der Waals surface area contributed by atoms with Gasteiger partial charge in [-0.3, -0.25) is 4.79 Å². The Morgan fingerprint density at radius 2 is 1.78 bits per heavy atom. The second-order valence-corrected chi connectivity index (χ2v) is 13.3. The molecule has 1 aromatic rings. The van der Waals surface area contributed by atoms with Crippen molar-refractivity contribution in [3.05, 3.63) is 41.5 Å². The molecule has 0 radical (unpaired) electrons. The summed E-state index contributed by atoms with van der Waals surface area (Å²) < 4.78 is 0. The lowest BCUT2D eigenvalue weighted by Crippen LogP contribution is -2.54. The molecule has 4 nitrogen and oxygen atoms in total. The molecule has 0 heterocycles. The number of carbonyl (C=O) groups excluding carboxylic acids is 1. The van der Waals surface area contributed by atoms with Crippen LogP contribution in [0.25, 0.3) is 0 Å². The second-order valence-electron chi connectivity index (χ2n) is 12.6. The summed E-state index contributed by atoms with van der Waals surface area (Å²) in [4.78, 5) is 14.2. The van der Waals surface area contributed by atoms with Gasteiger partial charge in [0.05, 0.1) is 6.10 Å². The Balaban J connectivity index is 1.50. The van der Waals surface area contributed by atoms with E-state index in [1.165, 1.54) is 30.4 Å². The van der Waals surface area contributed by atoms with Crippen molar-refractivity contribution < 1.29 is 9.90 Å². The Labute approximate surface area is 233 Å². The summed E-state index contributed by atoms with van der Waals surface area (Å²) in [7, 11) is 0. The summed E-state index contributed by atoms with van der Waals surface area (Å²) in [5.74, 6) is 3.13. The summed E-state index contributed by atoms with van der Waals surface area (Å²) >= 11 is 12.4. The number of allylic oxidation sites excluding steroid dienone is 1. The summed E-state index contributed by atoms with van der Waals surface area (Å²) in [6.45, 7) is 8.08. The number of carbonyl (C=O) groups is 1. The zero-order valence-electron chi connectivity index (χ0n) is 22.7. The molecule has 204 valence electrons. The molecule has 6 unspecified atom stereocenters. The molecule has 2 N–H and O–H groups in total. The Morgan fingerprint density at radius 1 is 1.05 bits per heavy atom. The Hall–Kier alpha value is -1.23. The van der Waals surface area contributed by atoms with Gasteiger partial charge in [0.1, 0.15) is 0 Å². The van der Waals surface area contributed by atoms with Crippen LogP contribution in [0.3, 0.4) is 0 Å². The molecule has 0 aromatic heterocycles. The van der Waals surface area contributed by atoms with Gasteiger partial charge >= 0.3 is 0 Å². The number of alkyl halides is 2. The number of para-hydroxylation sites is 1. The standard InChI is InChI=1S/C31H44Cl2N2O2/c1-20(36)34-28-11-10-23-21-8-9-25-29(22-6-4-5-7-26(22)35(18-16-32)19-17-33)27(37)13-15-30(25,2)24(21)12-14-31(23,28)3/h4-7,9,21,23-24,27-29,37H,8,10-19H2,1-3H3,(H,34,36)/t21?,23?,24?,27?,28?,29?,30-,31+/m1/s1. The number of anilines is 1. The number of halogens is 2. The van der Waals surface area contributed by atoms with Crippen molar-refractivity contribution in [3.8, 4) is 0 Å². The number of rotatable bonds is 7. The highest BCUT2D eigenvalue weighted by Crippen LogP contribution is 2.66. The lowest BCUT2D eigenvalue weighted by molar-refractivity contribution is -0.121. The van der Waals surface area contributed by atoms with E-state index < -0.39 is 0 Å². The number of fused-ring (bicyclic) bond motifs is 5. The van der Waals surface area contributed by atoms with E-state index in [-0.39, 0.29) is 28.8 Å². The van der Waals surface area contributed by atoms with Crippen LogP contribution in [0, 0.1) is 28.6 Å². The van der Waals surface area contributed by atoms with E-state index >= 15 is 0 Å². The van der Waals surface area contributed by atoms with Crippen molar-refractivity contribution in [2.24, 2.45) is 28.6 Å². The molecule has 8 atom stereocenters. The highest BCUT2D eigenvalue weighted by atomic mass is 35.5. The van der Waals surface area contributed by atoms with E-state index in [1.807, 2.05) is 0 Å². The fourth-order valence-corrected chi connectivity index (χ4v) is 9.61. The Morgan fingerprint density at radius 3 is 2.49 bits per heavy atom. The van der Waals surface area contributed by atoms with E-state index in [1.54, 1.807) is 6.92 Å². The maximum atomic E-state index is 11.9. The minimum absolute atomic E-state index is 0.00747. The van der Waals surface area contributed by atoms with Gasteiger partial charge in [0.15, 0.2) is 0 Å². The number of amides is 1. The molecule has 37 heavy (non-hydrogen) atoms. The predicted molar refractivity (Wildman–Crippen MR) is 154 cm³/mol. The van der Waals surface area contributed by atoms with Crippen LogP contribution in [0.1, 0.15) is 77.2 Å². The van der Waals surface area contributed by atoms with Crippen molar-refractivity contribution in [1.29, 1.82) is 0 Å².